The van der Waals surface area contributed by atoms with E-state index in [1.165, 1.54) is 11.1 Å². The Hall–Kier alpha value is -1.35. The van der Waals surface area contributed by atoms with Gasteiger partial charge in [0.05, 0.1) is 0 Å². The Bertz CT molecular complexity index is 421. The number of hydrogen-bond acceptors (Lipinski definition) is 2. The fraction of sp³-hybridized carbons (Fsp3) is 0.533. The van der Waals surface area contributed by atoms with E-state index >= 15 is 0 Å². The quantitative estimate of drug-likeness (QED) is 0.830. The van der Waals surface area contributed by atoms with Gasteiger partial charge in [0, 0.05) is 18.5 Å². The number of rotatable bonds is 5. The smallest absolute Gasteiger partial charge is 0.222 e. The molecule has 0 spiro atoms. The maximum absolute atomic E-state index is 11.5. The summed E-state index contributed by atoms with van der Waals surface area (Å²) in [6, 6.07) is 8.50. The Morgan fingerprint density at radius 2 is 1.89 bits per heavy atom. The van der Waals surface area contributed by atoms with Crippen molar-refractivity contribution in [2.24, 2.45) is 11.7 Å². The molecule has 3 heteroatoms. The highest BCUT2D eigenvalue weighted by molar-refractivity contribution is 5.78. The lowest BCUT2D eigenvalue weighted by Crippen LogP contribution is -2.26. The molecular weight excluding hydrogens is 224 g/mol. The van der Waals surface area contributed by atoms with Crippen LogP contribution in [0.1, 0.15) is 30.9 Å². The number of benzene rings is 1. The summed E-state index contributed by atoms with van der Waals surface area (Å²) in [7, 11) is 1.68. The van der Waals surface area contributed by atoms with Gasteiger partial charge >= 0.3 is 0 Å². The zero-order valence-corrected chi connectivity index (χ0v) is 11.2. The van der Waals surface area contributed by atoms with E-state index in [9.17, 15) is 4.79 Å². The molecule has 0 aliphatic heterocycles. The van der Waals surface area contributed by atoms with Gasteiger partial charge in [0.25, 0.3) is 0 Å². The molecule has 1 atom stereocenters. The van der Waals surface area contributed by atoms with Crippen LogP contribution in [-0.2, 0) is 17.6 Å². The molecule has 0 radical (unpaired) electrons. The maximum atomic E-state index is 11.5. The maximum Gasteiger partial charge on any atom is 0.222 e. The Kier molecular flexibility index (Phi) is 3.71. The summed E-state index contributed by atoms with van der Waals surface area (Å²) >= 11 is 0. The lowest BCUT2D eigenvalue weighted by atomic mass is 9.97. The Morgan fingerprint density at radius 3 is 2.39 bits per heavy atom. The zero-order valence-electron chi connectivity index (χ0n) is 11.2. The van der Waals surface area contributed by atoms with Gasteiger partial charge in [-0.25, -0.2) is 0 Å². The van der Waals surface area contributed by atoms with Gasteiger partial charge < -0.3 is 11.1 Å². The molecule has 1 fully saturated rings. The number of carbonyl (C=O) groups is 1. The van der Waals surface area contributed by atoms with Crippen LogP contribution in [0.5, 0.6) is 0 Å². The molecule has 0 heterocycles. The van der Waals surface area contributed by atoms with Crippen molar-refractivity contribution in [1.82, 2.24) is 5.32 Å². The fourth-order valence-electron chi connectivity index (χ4n) is 2.23. The molecule has 1 saturated carbocycles. The average molecular weight is 246 g/mol. The number of amides is 1. The standard InChI is InChI=1S/C15H22N2O/c1-11(14(18)17-2)9-12-3-5-13(6-4-12)10-15(16)7-8-15/h3-6,11H,7-10,16H2,1-2H3,(H,17,18). The van der Waals surface area contributed by atoms with Gasteiger partial charge in [0.15, 0.2) is 0 Å². The number of hydrogen-bond donors (Lipinski definition) is 2. The van der Waals surface area contributed by atoms with Crippen LogP contribution in [0.3, 0.4) is 0 Å². The Labute approximate surface area is 109 Å². The van der Waals surface area contributed by atoms with Crippen LogP contribution in [0.15, 0.2) is 24.3 Å². The lowest BCUT2D eigenvalue weighted by molar-refractivity contribution is -0.123. The third kappa shape index (κ3) is 3.33. The Morgan fingerprint density at radius 1 is 1.33 bits per heavy atom. The molecule has 3 nitrogen and oxygen atoms in total. The second kappa shape index (κ2) is 5.11. The van der Waals surface area contributed by atoms with Crippen LogP contribution in [0.4, 0.5) is 0 Å². The first-order valence-electron chi connectivity index (χ1n) is 6.61. The summed E-state index contributed by atoms with van der Waals surface area (Å²) in [5.74, 6) is 0.114. The summed E-state index contributed by atoms with van der Waals surface area (Å²) in [6.45, 7) is 1.95. The fourth-order valence-corrected chi connectivity index (χ4v) is 2.23. The summed E-state index contributed by atoms with van der Waals surface area (Å²) in [5.41, 5.74) is 8.67. The number of nitrogens with two attached hydrogens (primary N) is 1. The summed E-state index contributed by atoms with van der Waals surface area (Å²) in [5, 5.41) is 2.68. The zero-order chi connectivity index (χ0) is 13.2. The Balaban J connectivity index is 1.93. The predicted molar refractivity (Wildman–Crippen MR) is 73.2 cm³/mol. The molecule has 0 bridgehead atoms. The topological polar surface area (TPSA) is 55.1 Å². The van der Waals surface area contributed by atoms with E-state index in [4.69, 9.17) is 5.73 Å². The van der Waals surface area contributed by atoms with E-state index in [2.05, 4.69) is 29.6 Å². The second-order valence-electron chi connectivity index (χ2n) is 5.58. The predicted octanol–water partition coefficient (Wildman–Crippen LogP) is 1.64. The van der Waals surface area contributed by atoms with Crippen molar-refractivity contribution in [3.8, 4) is 0 Å². The average Bonchev–Trinajstić information content (AvgIpc) is 3.08. The van der Waals surface area contributed by atoms with Crippen molar-refractivity contribution in [3.05, 3.63) is 35.4 Å². The molecule has 3 N–H and O–H groups in total. The van der Waals surface area contributed by atoms with E-state index < -0.39 is 0 Å². The van der Waals surface area contributed by atoms with Crippen LogP contribution in [0.25, 0.3) is 0 Å². The highest BCUT2D eigenvalue weighted by Gasteiger charge is 2.37. The molecule has 1 amide bonds. The van der Waals surface area contributed by atoms with Gasteiger partial charge in [-0.15, -0.1) is 0 Å². The summed E-state index contributed by atoms with van der Waals surface area (Å²) in [6.07, 6.45) is 4.04. The molecule has 1 aromatic carbocycles. The van der Waals surface area contributed by atoms with Crippen molar-refractivity contribution < 1.29 is 4.79 Å². The SMILES string of the molecule is CNC(=O)C(C)Cc1ccc(CC2(N)CC2)cc1. The van der Waals surface area contributed by atoms with E-state index in [0.717, 1.165) is 25.7 Å². The molecule has 1 unspecified atom stereocenters. The van der Waals surface area contributed by atoms with Crippen molar-refractivity contribution in [2.45, 2.75) is 38.1 Å². The first-order chi connectivity index (χ1) is 8.52. The monoisotopic (exact) mass is 246 g/mol. The summed E-state index contributed by atoms with van der Waals surface area (Å²) in [4.78, 5) is 11.5. The molecule has 98 valence electrons. The third-order valence-corrected chi connectivity index (χ3v) is 3.71. The second-order valence-corrected chi connectivity index (χ2v) is 5.58. The van der Waals surface area contributed by atoms with E-state index in [1.807, 2.05) is 6.92 Å². The molecule has 0 saturated heterocycles. The normalized spacial score (nSPS) is 18.2. The molecule has 1 aliphatic rings. The van der Waals surface area contributed by atoms with E-state index in [0.29, 0.717) is 0 Å². The van der Waals surface area contributed by atoms with Crippen LogP contribution in [0.2, 0.25) is 0 Å². The minimum Gasteiger partial charge on any atom is -0.359 e. The number of nitrogens with one attached hydrogen (secondary N) is 1. The molecule has 0 aromatic heterocycles. The van der Waals surface area contributed by atoms with Crippen LogP contribution < -0.4 is 11.1 Å². The van der Waals surface area contributed by atoms with Gasteiger partial charge in [-0.3, -0.25) is 4.79 Å². The highest BCUT2D eigenvalue weighted by atomic mass is 16.1. The molecular formula is C15H22N2O. The van der Waals surface area contributed by atoms with Crippen molar-refractivity contribution in [3.63, 3.8) is 0 Å². The van der Waals surface area contributed by atoms with Crippen molar-refractivity contribution >= 4 is 5.91 Å². The van der Waals surface area contributed by atoms with Gasteiger partial charge in [0.2, 0.25) is 5.91 Å². The van der Waals surface area contributed by atoms with E-state index in [1.54, 1.807) is 7.05 Å². The molecule has 1 aliphatic carbocycles. The first kappa shape index (κ1) is 13.1. The third-order valence-electron chi connectivity index (χ3n) is 3.71. The van der Waals surface area contributed by atoms with Crippen LogP contribution in [0, 0.1) is 5.92 Å². The highest BCUT2D eigenvalue weighted by Crippen LogP contribution is 2.35. The first-order valence-corrected chi connectivity index (χ1v) is 6.61. The molecule has 2 rings (SSSR count). The molecule has 18 heavy (non-hydrogen) atoms. The van der Waals surface area contributed by atoms with Crippen LogP contribution >= 0.6 is 0 Å². The molecule has 1 aromatic rings. The summed E-state index contributed by atoms with van der Waals surface area (Å²) < 4.78 is 0. The van der Waals surface area contributed by atoms with Gasteiger partial charge in [-0.05, 0) is 36.8 Å². The van der Waals surface area contributed by atoms with Gasteiger partial charge in [0.1, 0.15) is 0 Å². The van der Waals surface area contributed by atoms with E-state index in [-0.39, 0.29) is 17.4 Å². The van der Waals surface area contributed by atoms with Crippen LogP contribution in [-0.4, -0.2) is 18.5 Å². The van der Waals surface area contributed by atoms with Crippen molar-refractivity contribution in [1.29, 1.82) is 0 Å². The van der Waals surface area contributed by atoms with Crippen molar-refractivity contribution in [2.75, 3.05) is 7.05 Å². The minimum absolute atomic E-state index is 0.0186. The lowest BCUT2D eigenvalue weighted by Gasteiger charge is -2.11. The number of carbonyl (C=O) groups excluding carboxylic acids is 1. The van der Waals surface area contributed by atoms with Gasteiger partial charge in [-0.1, -0.05) is 31.2 Å². The van der Waals surface area contributed by atoms with Gasteiger partial charge in [-0.2, -0.15) is 0 Å². The minimum atomic E-state index is 0.0186. The largest absolute Gasteiger partial charge is 0.359 e.